The summed E-state index contributed by atoms with van der Waals surface area (Å²) >= 11 is 0. The normalized spacial score (nSPS) is 27.5. The van der Waals surface area contributed by atoms with Crippen molar-refractivity contribution in [1.82, 2.24) is 9.80 Å². The van der Waals surface area contributed by atoms with Crippen molar-refractivity contribution in [2.24, 2.45) is 5.41 Å². The van der Waals surface area contributed by atoms with Gasteiger partial charge in [-0.05, 0) is 24.7 Å². The standard InChI is InChI=1S/C12H20N2O3/c1-12(2)5-7-13(8-12)11(17)14-6-3-4-9(14)10(15)16/h9H,3-8H2,1-2H3,(H,15,16). The summed E-state index contributed by atoms with van der Waals surface area (Å²) in [5.74, 6) is -0.880. The first kappa shape index (κ1) is 12.2. The van der Waals surface area contributed by atoms with Gasteiger partial charge in [0.15, 0.2) is 0 Å². The number of carbonyl (C=O) groups excluding carboxylic acids is 1. The predicted octanol–water partition coefficient (Wildman–Crippen LogP) is 1.39. The minimum atomic E-state index is -0.880. The molecule has 17 heavy (non-hydrogen) atoms. The third kappa shape index (κ3) is 2.37. The van der Waals surface area contributed by atoms with Crippen LogP contribution >= 0.6 is 0 Å². The number of carbonyl (C=O) groups is 2. The Hall–Kier alpha value is -1.26. The van der Waals surface area contributed by atoms with Gasteiger partial charge in [0, 0.05) is 19.6 Å². The highest BCUT2D eigenvalue weighted by atomic mass is 16.4. The number of carboxylic acid groups (broad SMARTS) is 1. The van der Waals surface area contributed by atoms with E-state index in [4.69, 9.17) is 5.11 Å². The van der Waals surface area contributed by atoms with Gasteiger partial charge in [0.2, 0.25) is 0 Å². The van der Waals surface area contributed by atoms with Crippen LogP contribution in [0.1, 0.15) is 33.1 Å². The van der Waals surface area contributed by atoms with Gasteiger partial charge in [-0.3, -0.25) is 0 Å². The summed E-state index contributed by atoms with van der Waals surface area (Å²) in [6.07, 6.45) is 2.36. The minimum absolute atomic E-state index is 0.0968. The summed E-state index contributed by atoms with van der Waals surface area (Å²) in [5, 5.41) is 9.07. The number of hydrogen-bond acceptors (Lipinski definition) is 2. The lowest BCUT2D eigenvalue weighted by molar-refractivity contribution is -0.141. The molecule has 2 saturated heterocycles. The van der Waals surface area contributed by atoms with Crippen molar-refractivity contribution in [3.8, 4) is 0 Å². The van der Waals surface area contributed by atoms with Gasteiger partial charge in [-0.25, -0.2) is 9.59 Å². The van der Waals surface area contributed by atoms with Gasteiger partial charge in [0.25, 0.3) is 0 Å². The molecule has 0 spiro atoms. The van der Waals surface area contributed by atoms with Crippen LogP contribution in [-0.2, 0) is 4.79 Å². The van der Waals surface area contributed by atoms with E-state index in [0.717, 1.165) is 25.9 Å². The predicted molar refractivity (Wildman–Crippen MR) is 62.7 cm³/mol. The first-order valence-corrected chi connectivity index (χ1v) is 6.19. The summed E-state index contributed by atoms with van der Waals surface area (Å²) < 4.78 is 0. The van der Waals surface area contributed by atoms with E-state index in [-0.39, 0.29) is 11.4 Å². The van der Waals surface area contributed by atoms with E-state index < -0.39 is 12.0 Å². The number of aliphatic carboxylic acids is 1. The van der Waals surface area contributed by atoms with Crippen LogP contribution in [0, 0.1) is 5.41 Å². The zero-order valence-corrected chi connectivity index (χ0v) is 10.5. The number of carboxylic acids is 1. The molecule has 0 radical (unpaired) electrons. The maximum atomic E-state index is 12.2. The van der Waals surface area contributed by atoms with Gasteiger partial charge in [-0.1, -0.05) is 13.8 Å². The van der Waals surface area contributed by atoms with Crippen molar-refractivity contribution in [2.45, 2.75) is 39.2 Å². The molecule has 0 bridgehead atoms. The van der Waals surface area contributed by atoms with Crippen LogP contribution < -0.4 is 0 Å². The number of amides is 2. The van der Waals surface area contributed by atoms with E-state index in [1.54, 1.807) is 4.90 Å². The molecule has 2 amide bonds. The average molecular weight is 240 g/mol. The van der Waals surface area contributed by atoms with Gasteiger partial charge in [0.1, 0.15) is 6.04 Å². The molecule has 96 valence electrons. The maximum absolute atomic E-state index is 12.2. The van der Waals surface area contributed by atoms with Crippen molar-refractivity contribution < 1.29 is 14.7 Å². The second kappa shape index (κ2) is 4.20. The van der Waals surface area contributed by atoms with Crippen molar-refractivity contribution in [1.29, 1.82) is 0 Å². The van der Waals surface area contributed by atoms with Crippen molar-refractivity contribution in [3.05, 3.63) is 0 Å². The van der Waals surface area contributed by atoms with Crippen LogP contribution in [0.3, 0.4) is 0 Å². The zero-order valence-electron chi connectivity index (χ0n) is 10.5. The summed E-state index contributed by atoms with van der Waals surface area (Å²) in [5.41, 5.74) is 0.161. The smallest absolute Gasteiger partial charge is 0.326 e. The van der Waals surface area contributed by atoms with Gasteiger partial charge in [-0.15, -0.1) is 0 Å². The van der Waals surface area contributed by atoms with Crippen LogP contribution in [0.2, 0.25) is 0 Å². The van der Waals surface area contributed by atoms with Crippen molar-refractivity contribution in [3.63, 3.8) is 0 Å². The molecule has 1 atom stereocenters. The number of urea groups is 1. The van der Waals surface area contributed by atoms with Gasteiger partial charge in [0.05, 0.1) is 0 Å². The SMILES string of the molecule is CC1(C)CCN(C(=O)N2CCCC2C(=O)O)C1. The lowest BCUT2D eigenvalue weighted by atomic mass is 9.93. The van der Waals surface area contributed by atoms with Crippen molar-refractivity contribution >= 4 is 12.0 Å². The summed E-state index contributed by atoms with van der Waals surface area (Å²) in [6.45, 7) is 6.33. The molecule has 2 aliphatic heterocycles. The number of rotatable bonds is 1. The Labute approximate surface area is 101 Å². The zero-order chi connectivity index (χ0) is 12.6. The maximum Gasteiger partial charge on any atom is 0.326 e. The summed E-state index contributed by atoms with van der Waals surface area (Å²) in [6, 6.07) is -0.716. The Bertz CT molecular complexity index is 341. The van der Waals surface area contributed by atoms with E-state index in [9.17, 15) is 9.59 Å². The molecular formula is C12H20N2O3. The highest BCUT2D eigenvalue weighted by molar-refractivity contribution is 5.83. The van der Waals surface area contributed by atoms with Crippen LogP contribution in [0.5, 0.6) is 0 Å². The Morgan fingerprint density at radius 2 is 2.00 bits per heavy atom. The molecular weight excluding hydrogens is 220 g/mol. The molecule has 2 fully saturated rings. The second-order valence-corrected chi connectivity index (χ2v) is 5.81. The third-order valence-corrected chi connectivity index (χ3v) is 3.73. The molecule has 1 unspecified atom stereocenters. The lowest BCUT2D eigenvalue weighted by Gasteiger charge is -2.28. The molecule has 2 heterocycles. The lowest BCUT2D eigenvalue weighted by Crippen LogP contribution is -2.47. The molecule has 5 heteroatoms. The van der Waals surface area contributed by atoms with Gasteiger partial charge >= 0.3 is 12.0 Å². The fraction of sp³-hybridized carbons (Fsp3) is 0.833. The molecule has 2 aliphatic rings. The van der Waals surface area contributed by atoms with Crippen LogP contribution in [-0.4, -0.2) is 52.6 Å². The quantitative estimate of drug-likeness (QED) is 0.753. The average Bonchev–Trinajstić information content (AvgIpc) is 2.82. The highest BCUT2D eigenvalue weighted by Gasteiger charge is 2.39. The molecule has 2 rings (SSSR count). The molecule has 0 aromatic heterocycles. The first-order valence-electron chi connectivity index (χ1n) is 6.19. The first-order chi connectivity index (χ1) is 7.91. The van der Waals surface area contributed by atoms with E-state index in [0.29, 0.717) is 13.0 Å². The van der Waals surface area contributed by atoms with Crippen LogP contribution in [0.15, 0.2) is 0 Å². The molecule has 0 saturated carbocycles. The Morgan fingerprint density at radius 1 is 1.29 bits per heavy atom. The topological polar surface area (TPSA) is 60.9 Å². The largest absolute Gasteiger partial charge is 0.480 e. The number of hydrogen-bond donors (Lipinski definition) is 1. The third-order valence-electron chi connectivity index (χ3n) is 3.73. The Morgan fingerprint density at radius 3 is 2.53 bits per heavy atom. The summed E-state index contributed by atoms with van der Waals surface area (Å²) in [7, 11) is 0. The second-order valence-electron chi connectivity index (χ2n) is 5.81. The summed E-state index contributed by atoms with van der Waals surface area (Å²) in [4.78, 5) is 26.6. The molecule has 0 aliphatic carbocycles. The fourth-order valence-corrected chi connectivity index (χ4v) is 2.71. The number of likely N-dealkylation sites (tertiary alicyclic amines) is 2. The van der Waals surface area contributed by atoms with E-state index in [1.807, 2.05) is 0 Å². The molecule has 1 N–H and O–H groups in total. The van der Waals surface area contributed by atoms with Crippen LogP contribution in [0.25, 0.3) is 0 Å². The minimum Gasteiger partial charge on any atom is -0.480 e. The Balaban J connectivity index is 2.03. The highest BCUT2D eigenvalue weighted by Crippen LogP contribution is 2.30. The Kier molecular flexibility index (Phi) is 3.02. The van der Waals surface area contributed by atoms with Crippen LogP contribution in [0.4, 0.5) is 4.79 Å². The van der Waals surface area contributed by atoms with E-state index in [2.05, 4.69) is 13.8 Å². The molecule has 5 nitrogen and oxygen atoms in total. The van der Waals surface area contributed by atoms with E-state index >= 15 is 0 Å². The van der Waals surface area contributed by atoms with Gasteiger partial charge < -0.3 is 14.9 Å². The molecule has 0 aromatic carbocycles. The van der Waals surface area contributed by atoms with Crippen molar-refractivity contribution in [2.75, 3.05) is 19.6 Å². The fourth-order valence-electron chi connectivity index (χ4n) is 2.71. The van der Waals surface area contributed by atoms with Gasteiger partial charge in [-0.2, -0.15) is 0 Å². The molecule has 0 aromatic rings. The number of nitrogens with zero attached hydrogens (tertiary/aromatic N) is 2. The van der Waals surface area contributed by atoms with E-state index in [1.165, 1.54) is 4.90 Å². The monoisotopic (exact) mass is 240 g/mol.